The fraction of sp³-hybridized carbons (Fsp3) is 0.471. The molecule has 0 spiro atoms. The van der Waals surface area contributed by atoms with Crippen LogP contribution in [0.5, 0.6) is 0 Å². The highest BCUT2D eigenvalue weighted by Crippen LogP contribution is 2.26. The van der Waals surface area contributed by atoms with Crippen LogP contribution in [0.25, 0.3) is 0 Å². The summed E-state index contributed by atoms with van der Waals surface area (Å²) in [7, 11) is 0. The zero-order chi connectivity index (χ0) is 33.4. The van der Waals surface area contributed by atoms with Gasteiger partial charge in [0, 0.05) is 50.9 Å². The van der Waals surface area contributed by atoms with Gasteiger partial charge in [0.15, 0.2) is 0 Å². The van der Waals surface area contributed by atoms with Crippen LogP contribution in [-0.2, 0) is 19.4 Å². The molecular formula is C34H42FN7O4. The highest BCUT2D eigenvalue weighted by molar-refractivity contribution is 6.21. The number of aromatic amines is 1. The third-order valence-corrected chi connectivity index (χ3v) is 7.93. The van der Waals surface area contributed by atoms with Gasteiger partial charge in [-0.25, -0.2) is 4.39 Å². The number of rotatable bonds is 6. The maximum absolute atomic E-state index is 13.7. The standard InChI is InChI=1S/C23H25FN4O3.C11H17N3O/c1-23(2,3)14-26-9-8-19-18(20(26)29)13-27(25-19)11-15(10-24)12-28-21(30)16-6-4-5-7-17(16)22(28)31;1-11(2,3)7-14-5-4-9-8(10(14)15)6-12-13-9/h4-7,10,13H,8-9,11-12,14H2,1-3H3;6H,4-5,7H2,1-3H3,(H,12,13)/b15-10-;. The average Bonchev–Trinajstić information content (AvgIpc) is 3.69. The molecule has 1 aromatic carbocycles. The number of nitrogens with zero attached hydrogens (tertiary/aromatic N) is 6. The molecule has 12 heteroatoms. The van der Waals surface area contributed by atoms with Gasteiger partial charge in [-0.1, -0.05) is 53.7 Å². The third kappa shape index (κ3) is 7.11. The molecule has 3 aliphatic heterocycles. The Morgan fingerprint density at radius 2 is 1.37 bits per heavy atom. The predicted octanol–water partition coefficient (Wildman–Crippen LogP) is 4.53. The number of aromatic nitrogens is 4. The van der Waals surface area contributed by atoms with Crippen molar-refractivity contribution < 1.29 is 23.6 Å². The van der Waals surface area contributed by atoms with Crippen molar-refractivity contribution in [2.75, 3.05) is 32.7 Å². The van der Waals surface area contributed by atoms with Crippen molar-refractivity contribution in [2.45, 2.75) is 60.9 Å². The van der Waals surface area contributed by atoms with E-state index in [2.05, 4.69) is 56.8 Å². The van der Waals surface area contributed by atoms with E-state index in [0.717, 1.165) is 35.7 Å². The SMILES string of the molecule is CC(C)(C)CN1CCc2[nH]ncc2C1=O.CC(C)(C)CN1CCc2nn(C/C(=C/F)CN3C(=O)c4ccccc4C3=O)cc2C1=O. The molecule has 3 aliphatic rings. The zero-order valence-corrected chi connectivity index (χ0v) is 27.4. The maximum Gasteiger partial charge on any atom is 0.261 e. The first-order valence-electron chi connectivity index (χ1n) is 15.6. The quantitative estimate of drug-likeness (QED) is 0.399. The van der Waals surface area contributed by atoms with Crippen molar-refractivity contribution in [1.82, 2.24) is 34.7 Å². The Morgan fingerprint density at radius 1 is 0.804 bits per heavy atom. The molecule has 0 aliphatic carbocycles. The van der Waals surface area contributed by atoms with Crippen LogP contribution in [0.1, 0.15) is 94.4 Å². The van der Waals surface area contributed by atoms with Crippen molar-refractivity contribution in [2.24, 2.45) is 10.8 Å². The van der Waals surface area contributed by atoms with Crippen molar-refractivity contribution in [3.63, 3.8) is 0 Å². The second-order valence-corrected chi connectivity index (χ2v) is 14.5. The number of amides is 4. The highest BCUT2D eigenvalue weighted by atomic mass is 19.1. The van der Waals surface area contributed by atoms with E-state index in [0.29, 0.717) is 48.2 Å². The Labute approximate surface area is 268 Å². The Balaban J connectivity index is 0.000000232. The molecule has 0 atom stereocenters. The second-order valence-electron chi connectivity index (χ2n) is 14.5. The van der Waals surface area contributed by atoms with E-state index in [1.807, 2.05) is 9.80 Å². The summed E-state index contributed by atoms with van der Waals surface area (Å²) in [6.07, 6.45) is 5.18. The number of nitrogens with one attached hydrogen (secondary N) is 1. The van der Waals surface area contributed by atoms with Crippen LogP contribution in [0.2, 0.25) is 0 Å². The summed E-state index contributed by atoms with van der Waals surface area (Å²) >= 11 is 0. The lowest BCUT2D eigenvalue weighted by Crippen LogP contribution is -2.42. The van der Waals surface area contributed by atoms with Gasteiger partial charge in [-0.15, -0.1) is 0 Å². The third-order valence-electron chi connectivity index (χ3n) is 7.93. The minimum atomic E-state index is -0.437. The smallest absolute Gasteiger partial charge is 0.261 e. The van der Waals surface area contributed by atoms with Gasteiger partial charge in [-0.2, -0.15) is 10.2 Å². The number of hydrogen-bond acceptors (Lipinski definition) is 6. The molecule has 0 saturated heterocycles. The molecule has 1 N–H and O–H groups in total. The molecule has 0 unspecified atom stereocenters. The van der Waals surface area contributed by atoms with Crippen molar-refractivity contribution in [1.29, 1.82) is 0 Å². The van der Waals surface area contributed by atoms with Gasteiger partial charge in [0.2, 0.25) is 0 Å². The largest absolute Gasteiger partial charge is 0.338 e. The lowest BCUT2D eigenvalue weighted by Gasteiger charge is -2.32. The minimum Gasteiger partial charge on any atom is -0.338 e. The molecule has 46 heavy (non-hydrogen) atoms. The normalized spacial score (nSPS) is 16.8. The molecule has 2 aromatic heterocycles. The fourth-order valence-corrected chi connectivity index (χ4v) is 5.98. The second kappa shape index (κ2) is 12.6. The van der Waals surface area contributed by atoms with E-state index >= 15 is 0 Å². The topological polar surface area (TPSA) is 124 Å². The van der Waals surface area contributed by atoms with Crippen LogP contribution in [0, 0.1) is 10.8 Å². The molecule has 0 fully saturated rings. The Bertz CT molecular complexity index is 1660. The first-order chi connectivity index (χ1) is 21.6. The van der Waals surface area contributed by atoms with Crippen LogP contribution in [-0.4, -0.2) is 91.0 Å². The number of hydrogen-bond donors (Lipinski definition) is 1. The van der Waals surface area contributed by atoms with Crippen molar-refractivity contribution in [3.8, 4) is 0 Å². The van der Waals surface area contributed by atoms with Gasteiger partial charge >= 0.3 is 0 Å². The number of halogens is 1. The van der Waals surface area contributed by atoms with Gasteiger partial charge in [0.25, 0.3) is 23.6 Å². The van der Waals surface area contributed by atoms with Gasteiger partial charge in [-0.3, -0.25) is 33.9 Å². The summed E-state index contributed by atoms with van der Waals surface area (Å²) in [5.74, 6) is -0.839. The van der Waals surface area contributed by atoms with Crippen LogP contribution >= 0.6 is 0 Å². The molecule has 6 rings (SSSR count). The number of carbonyl (C=O) groups is 4. The Morgan fingerprint density at radius 3 is 1.93 bits per heavy atom. The molecule has 0 saturated carbocycles. The number of imide groups is 1. The van der Waals surface area contributed by atoms with Crippen LogP contribution < -0.4 is 0 Å². The number of H-pyrrole nitrogens is 1. The summed E-state index contributed by atoms with van der Waals surface area (Å²) < 4.78 is 15.2. The molecule has 4 amide bonds. The Hall–Kier alpha value is -4.61. The lowest BCUT2D eigenvalue weighted by atomic mass is 9.94. The molecule has 0 bridgehead atoms. The van der Waals surface area contributed by atoms with E-state index in [-0.39, 0.29) is 41.3 Å². The summed E-state index contributed by atoms with van der Waals surface area (Å²) in [6, 6.07) is 6.55. The minimum absolute atomic E-state index is 0.0142. The fourth-order valence-electron chi connectivity index (χ4n) is 5.98. The van der Waals surface area contributed by atoms with Gasteiger partial charge in [0.05, 0.1) is 53.6 Å². The molecule has 244 valence electrons. The number of carbonyl (C=O) groups excluding carboxylic acids is 4. The average molecular weight is 632 g/mol. The summed E-state index contributed by atoms with van der Waals surface area (Å²) in [6.45, 7) is 15.4. The first kappa shape index (κ1) is 32.8. The summed E-state index contributed by atoms with van der Waals surface area (Å²) in [4.78, 5) is 54.7. The Kier molecular flexibility index (Phi) is 9.01. The molecule has 0 radical (unpaired) electrons. The van der Waals surface area contributed by atoms with E-state index in [1.54, 1.807) is 36.7 Å². The van der Waals surface area contributed by atoms with Gasteiger partial charge in [-0.05, 0) is 28.5 Å². The molecule has 5 heterocycles. The maximum atomic E-state index is 13.7. The summed E-state index contributed by atoms with van der Waals surface area (Å²) in [5, 5.41) is 11.2. The van der Waals surface area contributed by atoms with Gasteiger partial charge < -0.3 is 9.80 Å². The van der Waals surface area contributed by atoms with Gasteiger partial charge in [0.1, 0.15) is 0 Å². The first-order valence-corrected chi connectivity index (χ1v) is 15.6. The van der Waals surface area contributed by atoms with Crippen LogP contribution in [0.15, 0.2) is 48.6 Å². The lowest BCUT2D eigenvalue weighted by molar-refractivity contribution is 0.0659. The molecular weight excluding hydrogens is 589 g/mol. The van der Waals surface area contributed by atoms with Crippen LogP contribution in [0.4, 0.5) is 4.39 Å². The number of benzene rings is 1. The van der Waals surface area contributed by atoms with Crippen molar-refractivity contribution >= 4 is 23.6 Å². The molecule has 11 nitrogen and oxygen atoms in total. The van der Waals surface area contributed by atoms with E-state index < -0.39 is 11.8 Å². The number of fused-ring (bicyclic) bond motifs is 3. The van der Waals surface area contributed by atoms with E-state index in [9.17, 15) is 23.6 Å². The molecule has 3 aromatic rings. The van der Waals surface area contributed by atoms with E-state index in [1.165, 1.54) is 4.68 Å². The predicted molar refractivity (Wildman–Crippen MR) is 170 cm³/mol. The van der Waals surface area contributed by atoms with E-state index in [4.69, 9.17) is 0 Å². The monoisotopic (exact) mass is 631 g/mol. The highest BCUT2D eigenvalue weighted by Gasteiger charge is 2.36. The zero-order valence-electron chi connectivity index (χ0n) is 27.4. The summed E-state index contributed by atoms with van der Waals surface area (Å²) in [5.41, 5.74) is 3.93. The van der Waals surface area contributed by atoms with Crippen LogP contribution in [0.3, 0.4) is 0 Å². The van der Waals surface area contributed by atoms with Crippen molar-refractivity contribution in [3.05, 3.63) is 82.2 Å².